The van der Waals surface area contributed by atoms with Crippen LogP contribution in [0.1, 0.15) is 40.3 Å². The van der Waals surface area contributed by atoms with Crippen molar-refractivity contribution >= 4 is 22.8 Å². The molecule has 4 aromatic rings. The van der Waals surface area contributed by atoms with Gasteiger partial charge in [-0.2, -0.15) is 0 Å². The Balaban J connectivity index is 1.54. The highest BCUT2D eigenvalue weighted by molar-refractivity contribution is 6.00. The van der Waals surface area contributed by atoms with Crippen LogP contribution in [-0.4, -0.2) is 58.7 Å². The number of aryl methyl sites for hydroxylation is 1. The minimum atomic E-state index is -0.663. The number of aromatic nitrogens is 1. The van der Waals surface area contributed by atoms with Crippen LogP contribution in [0.4, 0.5) is 0 Å². The van der Waals surface area contributed by atoms with Crippen molar-refractivity contribution < 1.29 is 19.4 Å². The van der Waals surface area contributed by atoms with E-state index >= 15 is 0 Å². The largest absolute Gasteiger partial charge is 0.423 e. The Kier molecular flexibility index (Phi) is 8.38. The lowest BCUT2D eigenvalue weighted by Crippen LogP contribution is -2.40. The third kappa shape index (κ3) is 6.25. The normalized spacial score (nSPS) is 12.0. The number of fused-ring (bicyclic) bond motifs is 1. The number of rotatable bonds is 10. The van der Waals surface area contributed by atoms with Crippen LogP contribution in [0.5, 0.6) is 5.75 Å². The van der Waals surface area contributed by atoms with Crippen molar-refractivity contribution in [1.82, 2.24) is 14.8 Å². The molecule has 1 atom stereocenters. The van der Waals surface area contributed by atoms with Crippen LogP contribution in [0.15, 0.2) is 78.9 Å². The third-order valence-corrected chi connectivity index (χ3v) is 6.36. The molecule has 0 fully saturated rings. The first kappa shape index (κ1) is 26.1. The summed E-state index contributed by atoms with van der Waals surface area (Å²) in [6.07, 6.45) is -0.663. The average Bonchev–Trinajstić information content (AvgIpc) is 3.30. The number of hydrogen-bond donors (Lipinski definition) is 2. The highest BCUT2D eigenvalue weighted by atomic mass is 16.5. The molecule has 0 aliphatic rings. The summed E-state index contributed by atoms with van der Waals surface area (Å²) in [4.78, 5) is 27.8. The van der Waals surface area contributed by atoms with Gasteiger partial charge >= 0.3 is 5.97 Å². The van der Waals surface area contributed by atoms with Gasteiger partial charge in [0.05, 0.1) is 17.2 Å². The molecule has 0 saturated heterocycles. The van der Waals surface area contributed by atoms with Crippen LogP contribution in [0, 0.1) is 6.92 Å². The van der Waals surface area contributed by atoms with Crippen LogP contribution in [0.2, 0.25) is 0 Å². The minimum Gasteiger partial charge on any atom is -0.423 e. The van der Waals surface area contributed by atoms with Gasteiger partial charge in [-0.1, -0.05) is 49.7 Å². The lowest BCUT2D eigenvalue weighted by atomic mass is 10.1. The summed E-state index contributed by atoms with van der Waals surface area (Å²) in [5.41, 5.74) is 3.56. The van der Waals surface area contributed by atoms with Gasteiger partial charge in [0.25, 0.3) is 5.91 Å². The third-order valence-electron chi connectivity index (χ3n) is 6.36. The van der Waals surface area contributed by atoms with E-state index in [1.807, 2.05) is 79.9 Å². The summed E-state index contributed by atoms with van der Waals surface area (Å²) in [6.45, 7) is 8.35. The second-order valence-electron chi connectivity index (χ2n) is 9.03. The Morgan fingerprint density at radius 3 is 2.41 bits per heavy atom. The maximum Gasteiger partial charge on any atom is 0.343 e. The number of nitrogens with zero attached hydrogens (tertiary/aromatic N) is 2. The van der Waals surface area contributed by atoms with Crippen LogP contribution in [0.3, 0.4) is 0 Å². The van der Waals surface area contributed by atoms with E-state index in [0.717, 1.165) is 35.2 Å². The van der Waals surface area contributed by atoms with Crippen molar-refractivity contribution in [3.63, 3.8) is 0 Å². The maximum absolute atomic E-state index is 13.2. The fourth-order valence-corrected chi connectivity index (χ4v) is 4.35. The Labute approximate surface area is 217 Å². The molecular formula is C30H33N3O4. The molecule has 0 aliphatic carbocycles. The van der Waals surface area contributed by atoms with E-state index in [1.165, 1.54) is 0 Å². The van der Waals surface area contributed by atoms with E-state index in [2.05, 4.69) is 10.2 Å². The molecule has 1 heterocycles. The molecule has 37 heavy (non-hydrogen) atoms. The van der Waals surface area contributed by atoms with E-state index in [0.29, 0.717) is 23.6 Å². The number of esters is 1. The van der Waals surface area contributed by atoms with Crippen LogP contribution in [-0.2, 0) is 0 Å². The zero-order chi connectivity index (χ0) is 26.4. The minimum absolute atomic E-state index is 0.157. The highest BCUT2D eigenvalue weighted by Crippen LogP contribution is 2.26. The molecule has 0 aliphatic heterocycles. The molecule has 7 nitrogen and oxygen atoms in total. The lowest BCUT2D eigenvalue weighted by Gasteiger charge is -2.22. The number of carbonyl (C=O) groups excluding carboxylic acids is 2. The first-order valence-corrected chi connectivity index (χ1v) is 12.6. The molecule has 0 radical (unpaired) electrons. The molecule has 4 rings (SSSR count). The van der Waals surface area contributed by atoms with Crippen molar-refractivity contribution in [2.75, 3.05) is 26.2 Å². The number of para-hydroxylation sites is 1. The molecule has 0 spiro atoms. The van der Waals surface area contributed by atoms with Crippen LogP contribution < -0.4 is 10.1 Å². The van der Waals surface area contributed by atoms with Gasteiger partial charge in [-0.3, -0.25) is 4.79 Å². The van der Waals surface area contributed by atoms with E-state index in [9.17, 15) is 14.7 Å². The number of carbonyl (C=O) groups is 2. The predicted octanol–water partition coefficient (Wildman–Crippen LogP) is 4.59. The van der Waals surface area contributed by atoms with E-state index in [4.69, 9.17) is 4.74 Å². The number of aliphatic hydroxyl groups is 1. The van der Waals surface area contributed by atoms with Crippen molar-refractivity contribution in [3.8, 4) is 11.4 Å². The molecule has 0 saturated carbocycles. The molecule has 0 bridgehead atoms. The van der Waals surface area contributed by atoms with E-state index in [-0.39, 0.29) is 12.5 Å². The van der Waals surface area contributed by atoms with E-state index in [1.54, 1.807) is 24.3 Å². The second-order valence-corrected chi connectivity index (χ2v) is 9.03. The SMILES string of the molecule is CCN(CC)CC(O)CNC(=O)c1cc2ccccc2n1-c1ccc(OC(=O)c2cccc(C)c2)cc1. The Morgan fingerprint density at radius 2 is 1.70 bits per heavy atom. The molecule has 3 aromatic carbocycles. The van der Waals surface area contributed by atoms with Crippen molar-refractivity contribution in [2.45, 2.75) is 26.9 Å². The van der Waals surface area contributed by atoms with Gasteiger partial charge in [0, 0.05) is 24.2 Å². The summed E-state index contributed by atoms with van der Waals surface area (Å²) in [6, 6.07) is 23.9. The first-order chi connectivity index (χ1) is 17.9. The van der Waals surface area contributed by atoms with Gasteiger partial charge in [-0.15, -0.1) is 0 Å². The summed E-state index contributed by atoms with van der Waals surface area (Å²) in [7, 11) is 0. The molecule has 1 aromatic heterocycles. The standard InChI is InChI=1S/C30H33N3O4/c1-4-32(5-2)20-25(34)19-31-29(35)28-18-22-10-6-7-12-27(22)33(28)24-13-15-26(16-14-24)37-30(36)23-11-8-9-21(3)17-23/h6-18,25,34H,4-5,19-20H2,1-3H3,(H,31,35). The number of hydrogen-bond acceptors (Lipinski definition) is 5. The number of amides is 1. The van der Waals surface area contributed by atoms with Gasteiger partial charge in [0.2, 0.25) is 0 Å². The number of ether oxygens (including phenoxy) is 1. The maximum atomic E-state index is 13.2. The van der Waals surface area contributed by atoms with Crippen molar-refractivity contribution in [2.24, 2.45) is 0 Å². The molecular weight excluding hydrogens is 466 g/mol. The zero-order valence-electron chi connectivity index (χ0n) is 21.5. The summed E-state index contributed by atoms with van der Waals surface area (Å²) >= 11 is 0. The summed E-state index contributed by atoms with van der Waals surface area (Å²) < 4.78 is 7.42. The van der Waals surface area contributed by atoms with Gasteiger partial charge in [-0.05, 0) is 68.5 Å². The number of aliphatic hydroxyl groups excluding tert-OH is 1. The molecule has 2 N–H and O–H groups in total. The topological polar surface area (TPSA) is 83.8 Å². The Hall–Kier alpha value is -3.94. The van der Waals surface area contributed by atoms with Gasteiger partial charge in [0.15, 0.2) is 0 Å². The first-order valence-electron chi connectivity index (χ1n) is 12.6. The Morgan fingerprint density at radius 1 is 0.973 bits per heavy atom. The van der Waals surface area contributed by atoms with Gasteiger partial charge in [-0.25, -0.2) is 4.79 Å². The second kappa shape index (κ2) is 11.9. The number of benzene rings is 3. The fourth-order valence-electron chi connectivity index (χ4n) is 4.35. The summed E-state index contributed by atoms with van der Waals surface area (Å²) in [5, 5.41) is 14.2. The fraction of sp³-hybridized carbons (Fsp3) is 0.267. The number of likely N-dealkylation sites (N-methyl/N-ethyl adjacent to an activating group) is 1. The molecule has 7 heteroatoms. The molecule has 1 unspecified atom stereocenters. The van der Waals surface area contributed by atoms with Crippen LogP contribution in [0.25, 0.3) is 16.6 Å². The monoisotopic (exact) mass is 499 g/mol. The molecule has 192 valence electrons. The Bertz CT molecular complexity index is 1370. The average molecular weight is 500 g/mol. The predicted molar refractivity (Wildman–Crippen MR) is 146 cm³/mol. The van der Waals surface area contributed by atoms with Crippen molar-refractivity contribution in [1.29, 1.82) is 0 Å². The molecule has 1 amide bonds. The quantitative estimate of drug-likeness (QED) is 0.246. The van der Waals surface area contributed by atoms with E-state index < -0.39 is 12.1 Å². The van der Waals surface area contributed by atoms with Crippen molar-refractivity contribution in [3.05, 3.63) is 95.7 Å². The zero-order valence-corrected chi connectivity index (χ0v) is 21.5. The van der Waals surface area contributed by atoms with Gasteiger partial charge < -0.3 is 24.6 Å². The van der Waals surface area contributed by atoms with Gasteiger partial charge in [0.1, 0.15) is 11.4 Å². The lowest BCUT2D eigenvalue weighted by molar-refractivity contribution is 0.0734. The number of nitrogens with one attached hydrogen (secondary N) is 1. The van der Waals surface area contributed by atoms with Crippen LogP contribution >= 0.6 is 0 Å². The summed E-state index contributed by atoms with van der Waals surface area (Å²) in [5.74, 6) is -0.284. The smallest absolute Gasteiger partial charge is 0.343 e. The highest BCUT2D eigenvalue weighted by Gasteiger charge is 2.19.